The maximum Gasteiger partial charge on any atom is 0.288 e. The molecular formula is C12H8BrClN2O3S. The van der Waals surface area contributed by atoms with E-state index in [0.717, 1.165) is 8.66 Å². The number of halogens is 2. The van der Waals surface area contributed by atoms with E-state index in [2.05, 4.69) is 21.2 Å². The average molecular weight is 376 g/mol. The molecule has 2 rings (SSSR count). The summed E-state index contributed by atoms with van der Waals surface area (Å²) in [6, 6.07) is 7.90. The van der Waals surface area contributed by atoms with E-state index in [1.807, 2.05) is 12.1 Å². The van der Waals surface area contributed by atoms with Gasteiger partial charge in [-0.3, -0.25) is 14.9 Å². The molecule has 0 spiro atoms. The van der Waals surface area contributed by atoms with Gasteiger partial charge >= 0.3 is 0 Å². The summed E-state index contributed by atoms with van der Waals surface area (Å²) in [5.41, 5.74) is -0.185. The first kappa shape index (κ1) is 15.0. The molecule has 0 radical (unpaired) electrons. The average Bonchev–Trinajstić information content (AvgIpc) is 2.81. The molecule has 1 heterocycles. The van der Waals surface area contributed by atoms with Gasteiger partial charge in [0.05, 0.1) is 20.8 Å². The highest BCUT2D eigenvalue weighted by Crippen LogP contribution is 2.28. The molecule has 0 saturated heterocycles. The van der Waals surface area contributed by atoms with E-state index in [1.165, 1.54) is 29.5 Å². The molecule has 0 saturated carbocycles. The van der Waals surface area contributed by atoms with E-state index in [1.54, 1.807) is 0 Å². The van der Waals surface area contributed by atoms with Gasteiger partial charge in [-0.25, -0.2) is 0 Å². The Labute approximate surface area is 131 Å². The lowest BCUT2D eigenvalue weighted by molar-refractivity contribution is -0.384. The second-order valence-corrected chi connectivity index (χ2v) is 6.71. The number of rotatable bonds is 4. The molecular weight excluding hydrogens is 368 g/mol. The number of amides is 1. The second-order valence-electron chi connectivity index (χ2n) is 3.78. The van der Waals surface area contributed by atoms with Crippen LogP contribution in [0.3, 0.4) is 0 Å². The Bertz CT molecular complexity index is 674. The summed E-state index contributed by atoms with van der Waals surface area (Å²) in [6.45, 7) is 0.341. The van der Waals surface area contributed by atoms with Gasteiger partial charge in [-0.2, -0.15) is 0 Å². The number of thiophene rings is 1. The third kappa shape index (κ3) is 3.36. The van der Waals surface area contributed by atoms with Crippen LogP contribution in [0, 0.1) is 10.1 Å². The van der Waals surface area contributed by atoms with Crippen molar-refractivity contribution >= 4 is 50.5 Å². The number of nitro benzene ring substituents is 1. The highest BCUT2D eigenvalue weighted by molar-refractivity contribution is 9.11. The molecule has 1 aromatic carbocycles. The van der Waals surface area contributed by atoms with Crippen molar-refractivity contribution in [2.24, 2.45) is 0 Å². The van der Waals surface area contributed by atoms with E-state index < -0.39 is 10.8 Å². The Morgan fingerprint density at radius 1 is 1.40 bits per heavy atom. The molecule has 5 nitrogen and oxygen atoms in total. The van der Waals surface area contributed by atoms with Crippen molar-refractivity contribution in [2.45, 2.75) is 6.54 Å². The van der Waals surface area contributed by atoms with Gasteiger partial charge in [-0.1, -0.05) is 17.7 Å². The Morgan fingerprint density at radius 3 is 2.75 bits per heavy atom. The Morgan fingerprint density at radius 2 is 2.15 bits per heavy atom. The smallest absolute Gasteiger partial charge is 0.288 e. The topological polar surface area (TPSA) is 72.2 Å². The molecule has 0 aliphatic rings. The van der Waals surface area contributed by atoms with E-state index in [0.29, 0.717) is 6.54 Å². The number of nitrogens with zero attached hydrogens (tertiary/aromatic N) is 1. The third-order valence-electron chi connectivity index (χ3n) is 2.47. The quantitative estimate of drug-likeness (QED) is 0.648. The molecule has 0 atom stereocenters. The van der Waals surface area contributed by atoms with Crippen LogP contribution in [0.4, 0.5) is 5.69 Å². The van der Waals surface area contributed by atoms with Crippen molar-refractivity contribution in [1.29, 1.82) is 0 Å². The lowest BCUT2D eigenvalue weighted by atomic mass is 10.2. The van der Waals surface area contributed by atoms with Crippen LogP contribution in [0.1, 0.15) is 15.2 Å². The van der Waals surface area contributed by atoms with Gasteiger partial charge < -0.3 is 5.32 Å². The summed E-state index contributed by atoms with van der Waals surface area (Å²) in [5.74, 6) is -0.441. The van der Waals surface area contributed by atoms with Gasteiger partial charge in [0.15, 0.2) is 0 Å². The first-order valence-electron chi connectivity index (χ1n) is 5.44. The molecule has 20 heavy (non-hydrogen) atoms. The molecule has 1 amide bonds. The predicted octanol–water partition coefficient (Wildman–Crippen LogP) is 4.00. The molecule has 0 aliphatic carbocycles. The minimum Gasteiger partial charge on any atom is -0.347 e. The van der Waals surface area contributed by atoms with Gasteiger partial charge in [0.2, 0.25) is 0 Å². The van der Waals surface area contributed by atoms with Crippen molar-refractivity contribution < 1.29 is 9.72 Å². The fourth-order valence-corrected chi connectivity index (χ4v) is 3.25. The van der Waals surface area contributed by atoms with Crippen LogP contribution >= 0.6 is 38.9 Å². The van der Waals surface area contributed by atoms with Crippen LogP contribution < -0.4 is 5.32 Å². The zero-order chi connectivity index (χ0) is 14.7. The Kier molecular flexibility index (Phi) is 4.74. The van der Waals surface area contributed by atoms with Crippen LogP contribution in [-0.2, 0) is 6.54 Å². The van der Waals surface area contributed by atoms with Gasteiger partial charge in [-0.15, -0.1) is 11.3 Å². The number of carbonyl (C=O) groups is 1. The van der Waals surface area contributed by atoms with Crippen LogP contribution in [0.2, 0.25) is 5.02 Å². The van der Waals surface area contributed by atoms with Crippen LogP contribution in [0.5, 0.6) is 0 Å². The highest BCUT2D eigenvalue weighted by atomic mass is 79.9. The van der Waals surface area contributed by atoms with Crippen LogP contribution in [0.25, 0.3) is 0 Å². The maximum atomic E-state index is 12.0. The molecule has 0 fully saturated rings. The van der Waals surface area contributed by atoms with Crippen LogP contribution in [0.15, 0.2) is 34.1 Å². The second kappa shape index (κ2) is 6.34. The number of nitrogens with one attached hydrogen (secondary N) is 1. The molecule has 8 heteroatoms. The largest absolute Gasteiger partial charge is 0.347 e. The standard InChI is InChI=1S/C12H8BrClN2O3S/c13-10-5-4-7(20-10)6-15-12(17)8-2-1-3-9(11(8)14)16(18)19/h1-5H,6H2,(H,15,17). The molecule has 1 aromatic heterocycles. The molecule has 104 valence electrons. The summed E-state index contributed by atoms with van der Waals surface area (Å²) < 4.78 is 0.968. The van der Waals surface area contributed by atoms with Crippen molar-refractivity contribution in [1.82, 2.24) is 5.32 Å². The monoisotopic (exact) mass is 374 g/mol. The number of benzene rings is 1. The minimum atomic E-state index is -0.616. The first-order valence-corrected chi connectivity index (χ1v) is 7.43. The van der Waals surface area contributed by atoms with Gasteiger partial charge in [0.25, 0.3) is 11.6 Å². The first-order chi connectivity index (χ1) is 9.49. The lowest BCUT2D eigenvalue weighted by Crippen LogP contribution is -2.22. The predicted molar refractivity (Wildman–Crippen MR) is 81.3 cm³/mol. The van der Waals surface area contributed by atoms with Gasteiger partial charge in [0.1, 0.15) is 5.02 Å². The van der Waals surface area contributed by atoms with E-state index in [9.17, 15) is 14.9 Å². The summed E-state index contributed by atoms with van der Waals surface area (Å²) in [6.07, 6.45) is 0. The lowest BCUT2D eigenvalue weighted by Gasteiger charge is -2.05. The van der Waals surface area contributed by atoms with Gasteiger partial charge in [-0.05, 0) is 34.1 Å². The highest BCUT2D eigenvalue weighted by Gasteiger charge is 2.19. The molecule has 2 aromatic rings. The summed E-state index contributed by atoms with van der Waals surface area (Å²) >= 11 is 10.7. The van der Waals surface area contributed by atoms with E-state index in [4.69, 9.17) is 11.6 Å². The van der Waals surface area contributed by atoms with Crippen molar-refractivity contribution in [3.8, 4) is 0 Å². The van der Waals surface area contributed by atoms with Crippen molar-refractivity contribution in [2.75, 3.05) is 0 Å². The Balaban J connectivity index is 2.13. The van der Waals surface area contributed by atoms with Gasteiger partial charge in [0, 0.05) is 10.9 Å². The molecule has 0 unspecified atom stereocenters. The fourth-order valence-electron chi connectivity index (χ4n) is 1.55. The van der Waals surface area contributed by atoms with E-state index >= 15 is 0 Å². The number of hydrogen-bond acceptors (Lipinski definition) is 4. The Hall–Kier alpha value is -1.44. The SMILES string of the molecule is O=C(NCc1ccc(Br)s1)c1cccc([N+](=O)[O-])c1Cl. The minimum absolute atomic E-state index is 0.0940. The molecule has 0 aliphatic heterocycles. The molecule has 0 bridgehead atoms. The third-order valence-corrected chi connectivity index (χ3v) is 4.49. The fraction of sp³-hybridized carbons (Fsp3) is 0.0833. The van der Waals surface area contributed by atoms with Crippen molar-refractivity contribution in [3.05, 3.63) is 59.7 Å². The van der Waals surface area contributed by atoms with Crippen LogP contribution in [-0.4, -0.2) is 10.8 Å². The molecule has 1 N–H and O–H groups in total. The van der Waals surface area contributed by atoms with E-state index in [-0.39, 0.29) is 16.3 Å². The summed E-state index contributed by atoms with van der Waals surface area (Å²) in [5, 5.41) is 13.3. The van der Waals surface area contributed by atoms with Crippen molar-refractivity contribution in [3.63, 3.8) is 0 Å². The number of hydrogen-bond donors (Lipinski definition) is 1. The zero-order valence-corrected chi connectivity index (χ0v) is 13.1. The normalized spacial score (nSPS) is 10.3. The maximum absolute atomic E-state index is 12.0. The summed E-state index contributed by atoms with van der Waals surface area (Å²) in [7, 11) is 0. The zero-order valence-electron chi connectivity index (χ0n) is 9.93. The summed E-state index contributed by atoms with van der Waals surface area (Å²) in [4.78, 5) is 23.1. The number of carbonyl (C=O) groups excluding carboxylic acids is 1. The number of nitro groups is 1.